The SMILES string of the molecule is Cc1cc(OC(F)F)cnc1C(=O)Cc1ccc(F)c([C@@]2(C(C)F)N=C(N)O[C@@H]3C[C@@H]32)c1. The second kappa shape index (κ2) is 8.07. The number of benzene rings is 1. The number of nitrogens with two attached hydrogens (primary N) is 1. The highest BCUT2D eigenvalue weighted by Gasteiger charge is 2.62. The van der Waals surface area contributed by atoms with E-state index in [-0.39, 0.29) is 41.5 Å². The first-order valence-electron chi connectivity index (χ1n) is 10.0. The maximum Gasteiger partial charge on any atom is 0.387 e. The molecule has 6 nitrogen and oxygen atoms in total. The van der Waals surface area contributed by atoms with Crippen molar-refractivity contribution in [1.82, 2.24) is 4.98 Å². The number of aromatic nitrogens is 1. The van der Waals surface area contributed by atoms with E-state index in [0.29, 0.717) is 17.5 Å². The maximum atomic E-state index is 14.9. The molecule has 1 aliphatic heterocycles. The van der Waals surface area contributed by atoms with Crippen molar-refractivity contribution in [1.29, 1.82) is 0 Å². The van der Waals surface area contributed by atoms with Gasteiger partial charge < -0.3 is 15.2 Å². The van der Waals surface area contributed by atoms with E-state index in [4.69, 9.17) is 10.5 Å². The largest absolute Gasteiger partial charge is 0.462 e. The molecule has 32 heavy (non-hydrogen) atoms. The van der Waals surface area contributed by atoms with Crippen LogP contribution in [0.2, 0.25) is 0 Å². The molecule has 1 aromatic carbocycles. The molecule has 170 valence electrons. The van der Waals surface area contributed by atoms with Gasteiger partial charge in [-0.05, 0) is 49.6 Å². The Balaban J connectivity index is 1.64. The number of carbonyl (C=O) groups excluding carboxylic acids is 1. The van der Waals surface area contributed by atoms with Crippen LogP contribution >= 0.6 is 0 Å². The van der Waals surface area contributed by atoms with Crippen LogP contribution < -0.4 is 10.5 Å². The summed E-state index contributed by atoms with van der Waals surface area (Å²) in [6.07, 6.45) is -0.494. The number of ether oxygens (including phenoxy) is 2. The number of amidine groups is 1. The summed E-state index contributed by atoms with van der Waals surface area (Å²) in [5.74, 6) is -1.59. The molecular formula is C22H21F4N3O3. The number of Topliss-reactive ketones (excluding diaryl/α,β-unsaturated/α-hetero) is 1. The van der Waals surface area contributed by atoms with Crippen molar-refractivity contribution in [2.45, 2.75) is 51.1 Å². The predicted octanol–water partition coefficient (Wildman–Crippen LogP) is 3.84. The Bertz CT molecular complexity index is 1090. The first kappa shape index (κ1) is 22.0. The van der Waals surface area contributed by atoms with Crippen molar-refractivity contribution in [3.63, 3.8) is 0 Å². The van der Waals surface area contributed by atoms with Crippen molar-refractivity contribution in [3.05, 3.63) is 58.7 Å². The quantitative estimate of drug-likeness (QED) is 0.511. The summed E-state index contributed by atoms with van der Waals surface area (Å²) in [7, 11) is 0. The third kappa shape index (κ3) is 3.89. The molecule has 2 N–H and O–H groups in total. The van der Waals surface area contributed by atoms with Crippen molar-refractivity contribution in [2.75, 3.05) is 0 Å². The minimum atomic E-state index is -3.01. The van der Waals surface area contributed by atoms with E-state index in [1.807, 2.05) is 0 Å². The lowest BCUT2D eigenvalue weighted by atomic mass is 9.80. The fraction of sp³-hybridized carbons (Fsp3) is 0.409. The highest BCUT2D eigenvalue weighted by molar-refractivity contribution is 5.97. The van der Waals surface area contributed by atoms with Gasteiger partial charge >= 0.3 is 6.61 Å². The summed E-state index contributed by atoms with van der Waals surface area (Å²) < 4.78 is 64.1. The van der Waals surface area contributed by atoms with E-state index < -0.39 is 29.9 Å². The van der Waals surface area contributed by atoms with Gasteiger partial charge in [0, 0.05) is 17.9 Å². The number of hydrogen-bond acceptors (Lipinski definition) is 6. The van der Waals surface area contributed by atoms with Gasteiger partial charge in [-0.2, -0.15) is 8.78 Å². The minimum Gasteiger partial charge on any atom is -0.462 e. The molecule has 10 heteroatoms. The molecule has 0 saturated heterocycles. The van der Waals surface area contributed by atoms with Crippen LogP contribution in [0.5, 0.6) is 5.75 Å². The molecule has 4 rings (SSSR count). The number of aliphatic imine (C=N–C) groups is 1. The van der Waals surface area contributed by atoms with Gasteiger partial charge in [0.05, 0.1) is 6.20 Å². The Labute approximate surface area is 181 Å². The van der Waals surface area contributed by atoms with Gasteiger partial charge in [-0.1, -0.05) is 6.07 Å². The van der Waals surface area contributed by atoms with Gasteiger partial charge in [0.1, 0.15) is 35.1 Å². The predicted molar refractivity (Wildman–Crippen MR) is 107 cm³/mol. The standard InChI is InChI=1S/C22H21F4N3O3/c1-10-5-13(31-20(25)26)9-28-19(10)17(30)7-12-3-4-16(24)14(6-12)22(11(2)23)15-8-18(15)32-21(27)29-22/h3-6,9,11,15,18,20H,7-8H2,1-2H3,(H2,27,29)/t11?,15-,18+,22+/m0/s1. The number of nitrogens with zero attached hydrogens (tertiary/aromatic N) is 2. The topological polar surface area (TPSA) is 86.8 Å². The number of pyridine rings is 1. The summed E-state index contributed by atoms with van der Waals surface area (Å²) in [6.45, 7) is -0.166. The van der Waals surface area contributed by atoms with Crippen LogP contribution in [0.15, 0.2) is 35.5 Å². The molecule has 4 atom stereocenters. The second-order valence-electron chi connectivity index (χ2n) is 8.02. The lowest BCUT2D eigenvalue weighted by molar-refractivity contribution is -0.0501. The molecule has 2 aromatic rings. The monoisotopic (exact) mass is 451 g/mol. The Morgan fingerprint density at radius 2 is 2.09 bits per heavy atom. The molecule has 1 aliphatic carbocycles. The van der Waals surface area contributed by atoms with Crippen LogP contribution in [-0.2, 0) is 16.7 Å². The number of carbonyl (C=O) groups is 1. The molecule has 0 spiro atoms. The maximum absolute atomic E-state index is 14.9. The van der Waals surface area contributed by atoms with E-state index >= 15 is 0 Å². The van der Waals surface area contributed by atoms with E-state index in [9.17, 15) is 22.4 Å². The fourth-order valence-electron chi connectivity index (χ4n) is 4.34. The van der Waals surface area contributed by atoms with Gasteiger partial charge in [0.25, 0.3) is 6.02 Å². The number of hydrogen-bond donors (Lipinski definition) is 1. The van der Waals surface area contributed by atoms with E-state index in [2.05, 4.69) is 14.7 Å². The van der Waals surface area contributed by atoms with Crippen LogP contribution in [0.1, 0.15) is 40.5 Å². The van der Waals surface area contributed by atoms with E-state index in [0.717, 1.165) is 6.20 Å². The Hall–Kier alpha value is -3.17. The van der Waals surface area contributed by atoms with Gasteiger partial charge in [-0.25, -0.2) is 18.8 Å². The van der Waals surface area contributed by atoms with Gasteiger partial charge in [-0.3, -0.25) is 4.79 Å². The Kier molecular flexibility index (Phi) is 5.56. The first-order valence-corrected chi connectivity index (χ1v) is 10.0. The lowest BCUT2D eigenvalue weighted by Crippen LogP contribution is -2.44. The number of aryl methyl sites for hydroxylation is 1. The molecular weight excluding hydrogens is 430 g/mol. The molecule has 0 amide bonds. The van der Waals surface area contributed by atoms with Crippen molar-refractivity contribution < 1.29 is 31.8 Å². The van der Waals surface area contributed by atoms with Crippen molar-refractivity contribution in [3.8, 4) is 5.75 Å². The molecule has 2 aliphatic rings. The number of fused-ring (bicyclic) bond motifs is 1. The van der Waals surface area contributed by atoms with Gasteiger partial charge in [0.2, 0.25) is 0 Å². The van der Waals surface area contributed by atoms with Crippen molar-refractivity contribution >= 4 is 11.8 Å². The van der Waals surface area contributed by atoms with E-state index in [1.165, 1.54) is 31.2 Å². The summed E-state index contributed by atoms with van der Waals surface area (Å²) in [6, 6.07) is 5.10. The molecule has 0 radical (unpaired) electrons. The van der Waals surface area contributed by atoms with Crippen molar-refractivity contribution in [2.24, 2.45) is 16.6 Å². The lowest BCUT2D eigenvalue weighted by Gasteiger charge is -2.35. The highest BCUT2D eigenvalue weighted by Crippen LogP contribution is 2.55. The van der Waals surface area contributed by atoms with Gasteiger partial charge in [0.15, 0.2) is 5.78 Å². The fourth-order valence-corrected chi connectivity index (χ4v) is 4.34. The van der Waals surface area contributed by atoms with Gasteiger partial charge in [-0.15, -0.1) is 0 Å². The third-order valence-corrected chi connectivity index (χ3v) is 5.84. The van der Waals surface area contributed by atoms with E-state index in [1.54, 1.807) is 6.92 Å². The number of halogens is 4. The third-order valence-electron chi connectivity index (χ3n) is 5.84. The van der Waals surface area contributed by atoms with Crippen LogP contribution in [0.4, 0.5) is 17.6 Å². The average molecular weight is 451 g/mol. The smallest absolute Gasteiger partial charge is 0.387 e. The van der Waals surface area contributed by atoms with Crippen LogP contribution in [0, 0.1) is 18.7 Å². The summed E-state index contributed by atoms with van der Waals surface area (Å²) in [4.78, 5) is 20.9. The summed E-state index contributed by atoms with van der Waals surface area (Å²) >= 11 is 0. The van der Waals surface area contributed by atoms with Crippen LogP contribution in [0.25, 0.3) is 0 Å². The normalized spacial score (nSPS) is 24.9. The molecule has 1 aromatic heterocycles. The number of ketones is 1. The Morgan fingerprint density at radius 3 is 2.75 bits per heavy atom. The molecule has 1 fully saturated rings. The highest BCUT2D eigenvalue weighted by atomic mass is 19.3. The molecule has 2 heterocycles. The number of rotatable bonds is 7. The molecule has 1 unspecified atom stereocenters. The Morgan fingerprint density at radius 1 is 1.34 bits per heavy atom. The zero-order chi connectivity index (χ0) is 23.2. The molecule has 1 saturated carbocycles. The second-order valence-corrected chi connectivity index (χ2v) is 8.02. The first-order chi connectivity index (χ1) is 15.1. The minimum absolute atomic E-state index is 0.0157. The van der Waals surface area contributed by atoms with Crippen LogP contribution in [-0.4, -0.2) is 35.7 Å². The average Bonchev–Trinajstić information content (AvgIpc) is 3.47. The zero-order valence-electron chi connectivity index (χ0n) is 17.3. The zero-order valence-corrected chi connectivity index (χ0v) is 17.3. The molecule has 0 bridgehead atoms. The summed E-state index contributed by atoms with van der Waals surface area (Å²) in [5.41, 5.74) is 5.07. The van der Waals surface area contributed by atoms with Crippen LogP contribution in [0.3, 0.4) is 0 Å². The summed E-state index contributed by atoms with van der Waals surface area (Å²) in [5, 5.41) is 0. The number of alkyl halides is 3.